The second-order valence-electron chi connectivity index (χ2n) is 7.59. The summed E-state index contributed by atoms with van der Waals surface area (Å²) in [7, 11) is 0. The smallest absolute Gasteiger partial charge is 0.256 e. The van der Waals surface area contributed by atoms with Crippen molar-refractivity contribution in [2.75, 3.05) is 26.2 Å². The first-order valence-electron chi connectivity index (χ1n) is 9.40. The van der Waals surface area contributed by atoms with E-state index in [0.29, 0.717) is 49.7 Å². The summed E-state index contributed by atoms with van der Waals surface area (Å²) in [6.07, 6.45) is 2.72. The highest BCUT2D eigenvalue weighted by atomic mass is 16.2. The lowest BCUT2D eigenvalue weighted by Gasteiger charge is -2.32. The Morgan fingerprint density at radius 3 is 2.38 bits per heavy atom. The number of aromatic nitrogens is 2. The number of nitrogens with one attached hydrogen (secondary N) is 2. The van der Waals surface area contributed by atoms with E-state index in [9.17, 15) is 14.4 Å². The van der Waals surface area contributed by atoms with Crippen LogP contribution in [0.1, 0.15) is 36.3 Å². The standard InChI is InChI=1S/C18H25N5O3/c1-11-20-15-10-23(9-14(15)16(24)21-11)18(26)13-6-12(7-19-8-13)17(25)22-4-2-3-5-22/h12-13,19H,2-10H2,1H3,(H,20,21,24)/t12-,13+/m0/s1. The van der Waals surface area contributed by atoms with Crippen molar-refractivity contribution in [3.8, 4) is 0 Å². The van der Waals surface area contributed by atoms with Gasteiger partial charge in [0.15, 0.2) is 0 Å². The van der Waals surface area contributed by atoms with E-state index in [1.165, 1.54) is 0 Å². The van der Waals surface area contributed by atoms with Crippen LogP contribution in [0.25, 0.3) is 0 Å². The summed E-state index contributed by atoms with van der Waals surface area (Å²) in [5, 5.41) is 3.26. The molecule has 140 valence electrons. The number of aryl methyl sites for hydroxylation is 1. The molecule has 3 aliphatic heterocycles. The number of piperidine rings is 1. The fourth-order valence-corrected chi connectivity index (χ4v) is 4.32. The average Bonchev–Trinajstić information content (AvgIpc) is 3.30. The maximum Gasteiger partial charge on any atom is 0.256 e. The number of hydrogen-bond donors (Lipinski definition) is 2. The zero-order valence-electron chi connectivity index (χ0n) is 15.1. The van der Waals surface area contributed by atoms with E-state index in [1.54, 1.807) is 11.8 Å². The van der Waals surface area contributed by atoms with Crippen LogP contribution in [0, 0.1) is 18.8 Å². The Morgan fingerprint density at radius 2 is 1.69 bits per heavy atom. The Balaban J connectivity index is 1.43. The highest BCUT2D eigenvalue weighted by Crippen LogP contribution is 2.26. The zero-order chi connectivity index (χ0) is 18.3. The van der Waals surface area contributed by atoms with E-state index < -0.39 is 0 Å². The SMILES string of the molecule is Cc1nc2c(c(=O)[nH]1)CN(C(=O)[C@H]1CNC[C@@H](C(=O)N3CCCC3)C1)C2. The lowest BCUT2D eigenvalue weighted by atomic mass is 9.88. The van der Waals surface area contributed by atoms with Crippen molar-refractivity contribution < 1.29 is 9.59 Å². The molecule has 4 rings (SSSR count). The normalized spacial score (nSPS) is 25.4. The molecule has 2 amide bonds. The zero-order valence-corrected chi connectivity index (χ0v) is 15.1. The molecule has 0 radical (unpaired) electrons. The maximum absolute atomic E-state index is 13.0. The van der Waals surface area contributed by atoms with Crippen LogP contribution in [0.5, 0.6) is 0 Å². The molecule has 1 aromatic heterocycles. The molecule has 8 heteroatoms. The Hall–Kier alpha value is -2.22. The monoisotopic (exact) mass is 359 g/mol. The molecule has 0 bridgehead atoms. The molecule has 0 aromatic carbocycles. The molecular weight excluding hydrogens is 334 g/mol. The second-order valence-corrected chi connectivity index (χ2v) is 7.59. The summed E-state index contributed by atoms with van der Waals surface area (Å²) < 4.78 is 0. The third-order valence-corrected chi connectivity index (χ3v) is 5.69. The number of fused-ring (bicyclic) bond motifs is 1. The molecular formula is C18H25N5O3. The number of carbonyl (C=O) groups excluding carboxylic acids is 2. The van der Waals surface area contributed by atoms with Crippen molar-refractivity contribution in [1.29, 1.82) is 0 Å². The number of likely N-dealkylation sites (tertiary alicyclic amines) is 1. The summed E-state index contributed by atoms with van der Waals surface area (Å²) in [6.45, 7) is 5.31. The van der Waals surface area contributed by atoms with Crippen molar-refractivity contribution in [1.82, 2.24) is 25.1 Å². The number of nitrogens with zero attached hydrogens (tertiary/aromatic N) is 3. The van der Waals surface area contributed by atoms with Crippen molar-refractivity contribution in [2.24, 2.45) is 11.8 Å². The molecule has 2 fully saturated rings. The third kappa shape index (κ3) is 3.13. The van der Waals surface area contributed by atoms with Gasteiger partial charge >= 0.3 is 0 Å². The predicted octanol–water partition coefficient (Wildman–Crippen LogP) is -0.231. The Labute approximate surface area is 152 Å². The van der Waals surface area contributed by atoms with Crippen LogP contribution in [0.2, 0.25) is 0 Å². The van der Waals surface area contributed by atoms with Gasteiger partial charge in [-0.3, -0.25) is 14.4 Å². The van der Waals surface area contributed by atoms with Gasteiger partial charge in [0.25, 0.3) is 5.56 Å². The molecule has 2 atom stereocenters. The number of amides is 2. The van der Waals surface area contributed by atoms with Gasteiger partial charge in [-0.25, -0.2) is 4.98 Å². The lowest BCUT2D eigenvalue weighted by molar-refractivity contribution is -0.140. The molecule has 3 aliphatic rings. The van der Waals surface area contributed by atoms with Crippen LogP contribution in [-0.4, -0.2) is 57.8 Å². The minimum Gasteiger partial charge on any atom is -0.342 e. The largest absolute Gasteiger partial charge is 0.342 e. The van der Waals surface area contributed by atoms with Crippen molar-refractivity contribution in [2.45, 2.75) is 39.3 Å². The first-order valence-corrected chi connectivity index (χ1v) is 9.40. The molecule has 0 spiro atoms. The molecule has 4 heterocycles. The minimum absolute atomic E-state index is 0.00600. The summed E-state index contributed by atoms with van der Waals surface area (Å²) in [5.74, 6) is 0.385. The van der Waals surface area contributed by atoms with E-state index in [0.717, 1.165) is 25.9 Å². The Kier molecular flexibility index (Phi) is 4.52. The van der Waals surface area contributed by atoms with Gasteiger partial charge in [0.05, 0.1) is 36.2 Å². The number of rotatable bonds is 2. The van der Waals surface area contributed by atoms with E-state index in [2.05, 4.69) is 15.3 Å². The third-order valence-electron chi connectivity index (χ3n) is 5.69. The molecule has 2 N–H and O–H groups in total. The Bertz CT molecular complexity index is 784. The number of carbonyl (C=O) groups is 2. The molecule has 26 heavy (non-hydrogen) atoms. The van der Waals surface area contributed by atoms with Crippen molar-refractivity contribution in [3.05, 3.63) is 27.4 Å². The Morgan fingerprint density at radius 1 is 1.04 bits per heavy atom. The molecule has 0 unspecified atom stereocenters. The first kappa shape index (κ1) is 17.2. The quantitative estimate of drug-likeness (QED) is 0.760. The fourth-order valence-electron chi connectivity index (χ4n) is 4.32. The molecule has 0 aliphatic carbocycles. The van der Waals surface area contributed by atoms with Gasteiger partial charge in [0.2, 0.25) is 11.8 Å². The predicted molar refractivity (Wildman–Crippen MR) is 94.1 cm³/mol. The van der Waals surface area contributed by atoms with E-state index >= 15 is 0 Å². The molecule has 8 nitrogen and oxygen atoms in total. The lowest BCUT2D eigenvalue weighted by Crippen LogP contribution is -2.49. The average molecular weight is 359 g/mol. The van der Waals surface area contributed by atoms with E-state index in [1.807, 2.05) is 4.90 Å². The van der Waals surface area contributed by atoms with Gasteiger partial charge in [0, 0.05) is 26.2 Å². The van der Waals surface area contributed by atoms with Gasteiger partial charge in [-0.05, 0) is 26.2 Å². The fraction of sp³-hybridized carbons (Fsp3) is 0.667. The summed E-state index contributed by atoms with van der Waals surface area (Å²) in [5.41, 5.74) is 1.11. The minimum atomic E-state index is -0.227. The highest BCUT2D eigenvalue weighted by molar-refractivity contribution is 5.83. The van der Waals surface area contributed by atoms with Gasteiger partial charge in [0.1, 0.15) is 5.82 Å². The van der Waals surface area contributed by atoms with Gasteiger partial charge in [-0.15, -0.1) is 0 Å². The van der Waals surface area contributed by atoms with E-state index in [-0.39, 0.29) is 29.2 Å². The summed E-state index contributed by atoms with van der Waals surface area (Å²) in [4.78, 5) is 48.4. The summed E-state index contributed by atoms with van der Waals surface area (Å²) >= 11 is 0. The number of H-pyrrole nitrogens is 1. The van der Waals surface area contributed by atoms with Gasteiger partial charge in [-0.1, -0.05) is 0 Å². The maximum atomic E-state index is 13.0. The van der Waals surface area contributed by atoms with Crippen LogP contribution in [-0.2, 0) is 22.7 Å². The number of hydrogen-bond acceptors (Lipinski definition) is 5. The molecule has 0 saturated carbocycles. The van der Waals surface area contributed by atoms with E-state index in [4.69, 9.17) is 0 Å². The number of aromatic amines is 1. The first-order chi connectivity index (χ1) is 12.5. The molecule has 1 aromatic rings. The van der Waals surface area contributed by atoms with Crippen molar-refractivity contribution in [3.63, 3.8) is 0 Å². The van der Waals surface area contributed by atoms with Crippen LogP contribution in [0.4, 0.5) is 0 Å². The van der Waals surface area contributed by atoms with Gasteiger partial charge < -0.3 is 20.1 Å². The van der Waals surface area contributed by atoms with Gasteiger partial charge in [-0.2, -0.15) is 0 Å². The highest BCUT2D eigenvalue weighted by Gasteiger charge is 2.37. The molecule has 2 saturated heterocycles. The second kappa shape index (κ2) is 6.83. The van der Waals surface area contributed by atoms with Crippen molar-refractivity contribution >= 4 is 11.8 Å². The van der Waals surface area contributed by atoms with Crippen LogP contribution >= 0.6 is 0 Å². The topological polar surface area (TPSA) is 98.4 Å². The van der Waals surface area contributed by atoms with Crippen LogP contribution in [0.15, 0.2) is 4.79 Å². The van der Waals surface area contributed by atoms with Crippen LogP contribution < -0.4 is 10.9 Å². The van der Waals surface area contributed by atoms with Crippen LogP contribution in [0.3, 0.4) is 0 Å². The summed E-state index contributed by atoms with van der Waals surface area (Å²) in [6, 6.07) is 0.